The molecule has 0 aliphatic carbocycles. The van der Waals surface area contributed by atoms with Crippen LogP contribution in [0.2, 0.25) is 0 Å². The number of nitrogens with one attached hydrogen (secondary N) is 1. The Morgan fingerprint density at radius 2 is 2.00 bits per heavy atom. The smallest absolute Gasteiger partial charge is 0.384 e. The predicted molar refractivity (Wildman–Crippen MR) is 50.7 cm³/mol. The highest BCUT2D eigenvalue weighted by Crippen LogP contribution is 2.25. The highest BCUT2D eigenvalue weighted by atomic mass is 19.4. The fraction of sp³-hybridized carbons (Fsp3) is 0.667. The number of halogens is 3. The van der Waals surface area contributed by atoms with Gasteiger partial charge in [0.1, 0.15) is 11.3 Å². The molecule has 1 aliphatic rings. The molecule has 0 aromatic carbocycles. The van der Waals surface area contributed by atoms with E-state index in [-0.39, 0.29) is 18.8 Å². The molecule has 0 bridgehead atoms. The predicted octanol–water partition coefficient (Wildman–Crippen LogP) is 1.25. The maximum absolute atomic E-state index is 12.4. The Hall–Kier alpha value is -1.04. The molecular formula is C9H13F3N2O. The Morgan fingerprint density at radius 3 is 2.47 bits per heavy atom. The van der Waals surface area contributed by atoms with E-state index in [1.54, 1.807) is 0 Å². The number of aliphatic hydroxyl groups is 1. The third-order valence-electron chi connectivity index (χ3n) is 1.92. The molecule has 1 heterocycles. The number of allylic oxidation sites excluding steroid dienone is 1. The maximum atomic E-state index is 12.4. The van der Waals surface area contributed by atoms with Crippen molar-refractivity contribution in [1.29, 1.82) is 0 Å². The first-order chi connectivity index (χ1) is 6.71. The van der Waals surface area contributed by atoms with Crippen molar-refractivity contribution in [3.05, 3.63) is 11.8 Å². The van der Waals surface area contributed by atoms with Crippen LogP contribution in [-0.4, -0.2) is 35.7 Å². The molecule has 0 fully saturated rings. The zero-order valence-electron chi connectivity index (χ0n) is 8.52. The summed E-state index contributed by atoms with van der Waals surface area (Å²) < 4.78 is 37.2. The topological polar surface area (TPSA) is 44.6 Å². The van der Waals surface area contributed by atoms with Crippen molar-refractivity contribution in [2.75, 3.05) is 13.1 Å². The molecule has 3 nitrogen and oxygen atoms in total. The van der Waals surface area contributed by atoms with Crippen LogP contribution in [0.25, 0.3) is 0 Å². The van der Waals surface area contributed by atoms with Crippen LogP contribution in [-0.2, 0) is 0 Å². The van der Waals surface area contributed by atoms with Gasteiger partial charge in [-0.2, -0.15) is 13.2 Å². The second kappa shape index (κ2) is 3.84. The Kier molecular flexibility index (Phi) is 3.08. The third kappa shape index (κ3) is 3.23. The molecule has 0 aromatic heterocycles. The summed E-state index contributed by atoms with van der Waals surface area (Å²) in [5.74, 6) is 0. The van der Waals surface area contributed by atoms with Gasteiger partial charge >= 0.3 is 6.18 Å². The molecule has 1 rings (SSSR count). The second-order valence-corrected chi connectivity index (χ2v) is 3.81. The summed E-state index contributed by atoms with van der Waals surface area (Å²) in [7, 11) is 0. The highest BCUT2D eigenvalue weighted by Gasteiger charge is 2.36. The van der Waals surface area contributed by atoms with Gasteiger partial charge in [0, 0.05) is 6.54 Å². The minimum absolute atomic E-state index is 0.0415. The average Bonchev–Trinajstić information content (AvgIpc) is 2.24. The van der Waals surface area contributed by atoms with E-state index in [4.69, 9.17) is 0 Å². The molecule has 0 unspecified atom stereocenters. The van der Waals surface area contributed by atoms with Crippen molar-refractivity contribution < 1.29 is 18.3 Å². The van der Waals surface area contributed by atoms with Gasteiger partial charge in [0.2, 0.25) is 0 Å². The first kappa shape index (κ1) is 12.0. The van der Waals surface area contributed by atoms with E-state index < -0.39 is 17.5 Å². The maximum Gasteiger partial charge on any atom is 0.430 e. The van der Waals surface area contributed by atoms with E-state index in [0.717, 1.165) is 6.08 Å². The summed E-state index contributed by atoms with van der Waals surface area (Å²) in [5.41, 5.74) is -2.18. The molecule has 15 heavy (non-hydrogen) atoms. The number of hydrogen-bond acceptors (Lipinski definition) is 3. The molecule has 6 heteroatoms. The molecule has 2 N–H and O–H groups in total. The summed E-state index contributed by atoms with van der Waals surface area (Å²) in [6, 6.07) is 0. The highest BCUT2D eigenvalue weighted by molar-refractivity contribution is 6.01. The first-order valence-electron chi connectivity index (χ1n) is 4.51. The zero-order chi connectivity index (χ0) is 11.7. The SMILES string of the molecule is CC(C)(O)C1=NCCNC(C(F)(F)F)=C1. The Morgan fingerprint density at radius 1 is 1.40 bits per heavy atom. The second-order valence-electron chi connectivity index (χ2n) is 3.81. The van der Waals surface area contributed by atoms with Crippen LogP contribution in [0.3, 0.4) is 0 Å². The van der Waals surface area contributed by atoms with Crippen molar-refractivity contribution in [1.82, 2.24) is 5.32 Å². The van der Waals surface area contributed by atoms with Crippen molar-refractivity contribution in [3.63, 3.8) is 0 Å². The van der Waals surface area contributed by atoms with E-state index in [2.05, 4.69) is 10.3 Å². The van der Waals surface area contributed by atoms with E-state index in [1.165, 1.54) is 13.8 Å². The number of aliphatic imine (C=N–C) groups is 1. The summed E-state index contributed by atoms with van der Waals surface area (Å²) in [5, 5.41) is 11.8. The van der Waals surface area contributed by atoms with Gasteiger partial charge in [0.25, 0.3) is 0 Å². The summed E-state index contributed by atoms with van der Waals surface area (Å²) in [6.45, 7) is 3.14. The van der Waals surface area contributed by atoms with E-state index in [9.17, 15) is 18.3 Å². The molecule has 0 aromatic rings. The standard InChI is InChI=1S/C9H13F3N2O/c1-8(2,15)6-5-7(9(10,11)12)14-4-3-13-6/h5,14-15H,3-4H2,1-2H3. The molecule has 0 atom stereocenters. The summed E-state index contributed by atoms with van der Waals surface area (Å²) in [4.78, 5) is 3.89. The molecule has 0 radical (unpaired) electrons. The molecule has 0 amide bonds. The van der Waals surface area contributed by atoms with Crippen LogP contribution < -0.4 is 5.32 Å². The molecular weight excluding hydrogens is 209 g/mol. The van der Waals surface area contributed by atoms with Crippen LogP contribution >= 0.6 is 0 Å². The lowest BCUT2D eigenvalue weighted by Gasteiger charge is -2.18. The normalized spacial score (nSPS) is 18.8. The number of alkyl halides is 3. The first-order valence-corrected chi connectivity index (χ1v) is 4.51. The Labute approximate surface area is 85.7 Å². The molecule has 1 aliphatic heterocycles. The lowest BCUT2D eigenvalue weighted by atomic mass is 10.0. The van der Waals surface area contributed by atoms with E-state index >= 15 is 0 Å². The van der Waals surface area contributed by atoms with Gasteiger partial charge in [0.05, 0.1) is 12.3 Å². The van der Waals surface area contributed by atoms with Crippen LogP contribution in [0.5, 0.6) is 0 Å². The van der Waals surface area contributed by atoms with Crippen LogP contribution in [0.1, 0.15) is 13.8 Å². The average molecular weight is 222 g/mol. The minimum atomic E-state index is -4.43. The number of nitrogens with zero attached hydrogens (tertiary/aromatic N) is 1. The van der Waals surface area contributed by atoms with Gasteiger partial charge in [-0.1, -0.05) is 0 Å². The van der Waals surface area contributed by atoms with Crippen LogP contribution in [0.4, 0.5) is 13.2 Å². The molecule has 0 spiro atoms. The largest absolute Gasteiger partial charge is 0.430 e. The number of hydrogen-bond donors (Lipinski definition) is 2. The minimum Gasteiger partial charge on any atom is -0.384 e. The molecule has 0 saturated carbocycles. The third-order valence-corrected chi connectivity index (χ3v) is 1.92. The van der Waals surface area contributed by atoms with Crippen molar-refractivity contribution in [3.8, 4) is 0 Å². The van der Waals surface area contributed by atoms with Crippen molar-refractivity contribution in [2.24, 2.45) is 4.99 Å². The van der Waals surface area contributed by atoms with Crippen LogP contribution in [0, 0.1) is 0 Å². The fourth-order valence-electron chi connectivity index (χ4n) is 1.15. The zero-order valence-corrected chi connectivity index (χ0v) is 8.52. The van der Waals surface area contributed by atoms with Gasteiger partial charge in [-0.05, 0) is 19.9 Å². The summed E-state index contributed by atoms with van der Waals surface area (Å²) >= 11 is 0. The van der Waals surface area contributed by atoms with Crippen molar-refractivity contribution >= 4 is 5.71 Å². The monoisotopic (exact) mass is 222 g/mol. The van der Waals surface area contributed by atoms with Gasteiger partial charge in [-0.15, -0.1) is 0 Å². The van der Waals surface area contributed by atoms with E-state index in [1.807, 2.05) is 0 Å². The Bertz CT molecular complexity index is 299. The fourth-order valence-corrected chi connectivity index (χ4v) is 1.15. The molecule has 0 saturated heterocycles. The van der Waals surface area contributed by atoms with Gasteiger partial charge < -0.3 is 10.4 Å². The van der Waals surface area contributed by atoms with Gasteiger partial charge in [-0.25, -0.2) is 0 Å². The lowest BCUT2D eigenvalue weighted by molar-refractivity contribution is -0.0964. The van der Waals surface area contributed by atoms with Gasteiger partial charge in [0.15, 0.2) is 0 Å². The van der Waals surface area contributed by atoms with Crippen LogP contribution in [0.15, 0.2) is 16.8 Å². The molecule has 86 valence electrons. The van der Waals surface area contributed by atoms with E-state index in [0.29, 0.717) is 0 Å². The van der Waals surface area contributed by atoms with Gasteiger partial charge in [-0.3, -0.25) is 4.99 Å². The Balaban J connectivity index is 3.02. The summed E-state index contributed by atoms with van der Waals surface area (Å²) in [6.07, 6.45) is -3.58. The van der Waals surface area contributed by atoms with Crippen molar-refractivity contribution in [2.45, 2.75) is 25.6 Å². The number of rotatable bonds is 1. The quantitative estimate of drug-likeness (QED) is 0.701. The lowest BCUT2D eigenvalue weighted by Crippen LogP contribution is -2.32.